The van der Waals surface area contributed by atoms with Gasteiger partial charge in [-0.15, -0.1) is 0 Å². The van der Waals surface area contributed by atoms with Gasteiger partial charge in [0.15, 0.2) is 5.82 Å². The fourth-order valence-electron chi connectivity index (χ4n) is 1.80. The summed E-state index contributed by atoms with van der Waals surface area (Å²) < 4.78 is 0. The fourth-order valence-corrected chi connectivity index (χ4v) is 2.18. The molecule has 2 rings (SSSR count). The number of carboxylic acids is 1. The van der Waals surface area contributed by atoms with Crippen molar-refractivity contribution in [1.82, 2.24) is 15.0 Å². The highest BCUT2D eigenvalue weighted by molar-refractivity contribution is 6.36. The lowest BCUT2D eigenvalue weighted by Crippen LogP contribution is -2.19. The van der Waals surface area contributed by atoms with Crippen LogP contribution in [0.15, 0.2) is 18.5 Å². The lowest BCUT2D eigenvalue weighted by atomic mass is 10.1. The number of hydrogen-bond acceptors (Lipinski definition) is 5. The van der Waals surface area contributed by atoms with Gasteiger partial charge in [-0.3, -0.25) is 4.98 Å². The molecule has 0 saturated heterocycles. The SMILES string of the molecule is Cc1cnc(-c2ccnc(C(C)(C)O)n2)c(Cl)c1C(=O)O. The summed E-state index contributed by atoms with van der Waals surface area (Å²) in [5.74, 6) is -0.923. The molecule has 0 radical (unpaired) electrons. The van der Waals surface area contributed by atoms with Crippen molar-refractivity contribution in [2.75, 3.05) is 0 Å². The molecule has 21 heavy (non-hydrogen) atoms. The molecule has 2 heterocycles. The van der Waals surface area contributed by atoms with Crippen LogP contribution in [0, 0.1) is 6.92 Å². The smallest absolute Gasteiger partial charge is 0.337 e. The van der Waals surface area contributed by atoms with Gasteiger partial charge in [0.1, 0.15) is 11.3 Å². The summed E-state index contributed by atoms with van der Waals surface area (Å²) in [5, 5.41) is 19.2. The number of hydrogen-bond donors (Lipinski definition) is 2. The summed E-state index contributed by atoms with van der Waals surface area (Å²) in [6.45, 7) is 4.73. The standard InChI is InChI=1S/C14H14ClN3O3/c1-7-6-17-11(10(15)9(7)12(19)20)8-4-5-16-13(18-8)14(2,3)21/h4-6,21H,1-3H3,(H,19,20). The molecule has 0 unspecified atom stereocenters. The van der Waals surface area contributed by atoms with Gasteiger partial charge in [0.2, 0.25) is 0 Å². The normalized spacial score (nSPS) is 11.5. The van der Waals surface area contributed by atoms with Crippen LogP contribution in [-0.2, 0) is 5.60 Å². The number of aliphatic hydroxyl groups is 1. The van der Waals surface area contributed by atoms with Crippen molar-refractivity contribution in [2.45, 2.75) is 26.4 Å². The molecular weight excluding hydrogens is 294 g/mol. The van der Waals surface area contributed by atoms with Crippen molar-refractivity contribution in [3.8, 4) is 11.4 Å². The minimum absolute atomic E-state index is 0.00918. The van der Waals surface area contributed by atoms with E-state index in [1.165, 1.54) is 12.4 Å². The number of pyridine rings is 1. The van der Waals surface area contributed by atoms with Crippen molar-refractivity contribution in [3.63, 3.8) is 0 Å². The molecule has 0 spiro atoms. The second-order valence-electron chi connectivity index (χ2n) is 5.11. The molecule has 0 saturated carbocycles. The Morgan fingerprint density at radius 2 is 2.00 bits per heavy atom. The molecular formula is C14H14ClN3O3. The summed E-state index contributed by atoms with van der Waals surface area (Å²) in [4.78, 5) is 23.6. The highest BCUT2D eigenvalue weighted by atomic mass is 35.5. The van der Waals surface area contributed by atoms with E-state index in [1.807, 2.05) is 0 Å². The molecule has 2 aromatic rings. The largest absolute Gasteiger partial charge is 0.478 e. The Balaban J connectivity index is 2.63. The summed E-state index contributed by atoms with van der Waals surface area (Å²) >= 11 is 6.14. The number of nitrogens with zero attached hydrogens (tertiary/aromatic N) is 3. The number of halogens is 1. The van der Waals surface area contributed by atoms with E-state index in [2.05, 4.69) is 15.0 Å². The van der Waals surface area contributed by atoms with Gasteiger partial charge < -0.3 is 10.2 Å². The van der Waals surface area contributed by atoms with Crippen LogP contribution in [0.2, 0.25) is 5.02 Å². The van der Waals surface area contributed by atoms with Crippen molar-refractivity contribution < 1.29 is 15.0 Å². The minimum atomic E-state index is -1.22. The van der Waals surface area contributed by atoms with Crippen molar-refractivity contribution >= 4 is 17.6 Å². The molecule has 2 aromatic heterocycles. The zero-order chi connectivity index (χ0) is 15.8. The van der Waals surface area contributed by atoms with E-state index in [0.717, 1.165) is 0 Å². The summed E-state index contributed by atoms with van der Waals surface area (Å²) in [6, 6.07) is 1.56. The van der Waals surface area contributed by atoms with E-state index in [4.69, 9.17) is 11.6 Å². The van der Waals surface area contributed by atoms with Crippen LogP contribution in [0.1, 0.15) is 35.6 Å². The number of carbonyl (C=O) groups is 1. The molecule has 0 amide bonds. The van der Waals surface area contributed by atoms with Gasteiger partial charge in [-0.1, -0.05) is 11.6 Å². The van der Waals surface area contributed by atoms with Gasteiger partial charge >= 0.3 is 5.97 Å². The quantitative estimate of drug-likeness (QED) is 0.904. The Labute approximate surface area is 126 Å². The Hall–Kier alpha value is -2.05. The van der Waals surface area contributed by atoms with Crippen LogP contribution < -0.4 is 0 Å². The van der Waals surface area contributed by atoms with E-state index >= 15 is 0 Å². The first-order valence-electron chi connectivity index (χ1n) is 6.16. The van der Waals surface area contributed by atoms with E-state index in [9.17, 15) is 15.0 Å². The third kappa shape index (κ3) is 3.01. The maximum atomic E-state index is 11.3. The molecule has 6 nitrogen and oxygen atoms in total. The molecule has 110 valence electrons. The van der Waals surface area contributed by atoms with Crippen LogP contribution in [0.25, 0.3) is 11.4 Å². The molecule has 7 heteroatoms. The van der Waals surface area contributed by atoms with E-state index < -0.39 is 11.6 Å². The topological polar surface area (TPSA) is 96.2 Å². The van der Waals surface area contributed by atoms with Crippen molar-refractivity contribution in [3.05, 3.63) is 40.4 Å². The van der Waals surface area contributed by atoms with Crippen molar-refractivity contribution in [1.29, 1.82) is 0 Å². The molecule has 0 aliphatic heterocycles. The number of rotatable bonds is 3. The third-order valence-electron chi connectivity index (χ3n) is 2.87. The van der Waals surface area contributed by atoms with E-state index in [1.54, 1.807) is 26.8 Å². The molecule has 0 aromatic carbocycles. The van der Waals surface area contributed by atoms with E-state index in [-0.39, 0.29) is 22.1 Å². The van der Waals surface area contributed by atoms with Crippen LogP contribution in [0.5, 0.6) is 0 Å². The lowest BCUT2D eigenvalue weighted by Gasteiger charge is -2.16. The van der Waals surface area contributed by atoms with Gasteiger partial charge in [-0.25, -0.2) is 14.8 Å². The maximum Gasteiger partial charge on any atom is 0.337 e. The second kappa shape index (κ2) is 5.38. The van der Waals surface area contributed by atoms with Gasteiger partial charge in [0.25, 0.3) is 0 Å². The second-order valence-corrected chi connectivity index (χ2v) is 5.49. The highest BCUT2D eigenvalue weighted by Gasteiger charge is 2.22. The van der Waals surface area contributed by atoms with Crippen LogP contribution in [-0.4, -0.2) is 31.1 Å². The monoisotopic (exact) mass is 307 g/mol. The van der Waals surface area contributed by atoms with Gasteiger partial charge in [0.05, 0.1) is 16.3 Å². The summed E-state index contributed by atoms with van der Waals surface area (Å²) in [5.41, 5.74) is -0.164. The van der Waals surface area contributed by atoms with E-state index in [0.29, 0.717) is 11.3 Å². The number of aromatic nitrogens is 3. The molecule has 0 aliphatic rings. The molecule has 0 bridgehead atoms. The first-order valence-corrected chi connectivity index (χ1v) is 6.54. The van der Waals surface area contributed by atoms with Crippen LogP contribution in [0.4, 0.5) is 0 Å². The lowest BCUT2D eigenvalue weighted by molar-refractivity contribution is 0.0683. The fraction of sp³-hybridized carbons (Fsp3) is 0.286. The number of carboxylic acid groups (broad SMARTS) is 1. The van der Waals surface area contributed by atoms with Gasteiger partial charge in [0, 0.05) is 12.4 Å². The number of aromatic carboxylic acids is 1. The Kier molecular flexibility index (Phi) is 3.93. The highest BCUT2D eigenvalue weighted by Crippen LogP contribution is 2.30. The zero-order valence-corrected chi connectivity index (χ0v) is 12.5. The van der Waals surface area contributed by atoms with Gasteiger partial charge in [-0.05, 0) is 32.4 Å². The van der Waals surface area contributed by atoms with Crippen LogP contribution >= 0.6 is 11.6 Å². The zero-order valence-electron chi connectivity index (χ0n) is 11.8. The predicted molar refractivity (Wildman–Crippen MR) is 77.2 cm³/mol. The average molecular weight is 308 g/mol. The van der Waals surface area contributed by atoms with Gasteiger partial charge in [-0.2, -0.15) is 0 Å². The van der Waals surface area contributed by atoms with Crippen molar-refractivity contribution in [2.24, 2.45) is 0 Å². The molecule has 0 atom stereocenters. The third-order valence-corrected chi connectivity index (χ3v) is 3.24. The Morgan fingerprint density at radius 1 is 1.33 bits per heavy atom. The summed E-state index contributed by atoms with van der Waals surface area (Å²) in [6.07, 6.45) is 2.89. The Morgan fingerprint density at radius 3 is 2.57 bits per heavy atom. The molecule has 0 aliphatic carbocycles. The number of aryl methyl sites for hydroxylation is 1. The molecule has 0 fully saturated rings. The first-order chi connectivity index (χ1) is 9.71. The Bertz CT molecular complexity index is 711. The first kappa shape index (κ1) is 15.3. The predicted octanol–water partition coefficient (Wildman–Crippen LogP) is 2.43. The molecule has 2 N–H and O–H groups in total. The minimum Gasteiger partial charge on any atom is -0.478 e. The van der Waals surface area contributed by atoms with Crippen LogP contribution in [0.3, 0.4) is 0 Å². The summed E-state index contributed by atoms with van der Waals surface area (Å²) in [7, 11) is 0. The maximum absolute atomic E-state index is 11.3. The average Bonchev–Trinajstić information content (AvgIpc) is 2.37.